The first-order valence-electron chi connectivity index (χ1n) is 8.32. The van der Waals surface area contributed by atoms with E-state index in [9.17, 15) is 14.7 Å². The highest BCUT2D eigenvalue weighted by Gasteiger charge is 2.30. The van der Waals surface area contributed by atoms with E-state index in [1.54, 1.807) is 0 Å². The molecule has 2 rings (SSSR count). The van der Waals surface area contributed by atoms with Gasteiger partial charge in [0.25, 0.3) is 0 Å². The lowest BCUT2D eigenvalue weighted by molar-refractivity contribution is -0.144. The van der Waals surface area contributed by atoms with Gasteiger partial charge in [-0.3, -0.25) is 9.59 Å². The average Bonchev–Trinajstić information content (AvgIpc) is 2.48. The summed E-state index contributed by atoms with van der Waals surface area (Å²) in [6.45, 7) is 3.96. The molecule has 0 aromatic carbocycles. The summed E-state index contributed by atoms with van der Waals surface area (Å²) in [5.41, 5.74) is 0. The zero-order valence-corrected chi connectivity index (χ0v) is 13.0. The van der Waals surface area contributed by atoms with Crippen molar-refractivity contribution in [1.29, 1.82) is 0 Å². The van der Waals surface area contributed by atoms with Crippen molar-refractivity contribution in [3.05, 3.63) is 0 Å². The average molecular weight is 296 g/mol. The van der Waals surface area contributed by atoms with Gasteiger partial charge in [0.15, 0.2) is 0 Å². The predicted molar refractivity (Wildman–Crippen MR) is 81.0 cm³/mol. The van der Waals surface area contributed by atoms with Crippen LogP contribution in [0.5, 0.6) is 0 Å². The molecule has 2 N–H and O–H groups in total. The van der Waals surface area contributed by atoms with Gasteiger partial charge in [-0.15, -0.1) is 0 Å². The number of rotatable bonds is 5. The maximum Gasteiger partial charge on any atom is 0.306 e. The molecular formula is C16H28N2O3. The van der Waals surface area contributed by atoms with Gasteiger partial charge in [0, 0.05) is 12.6 Å². The summed E-state index contributed by atoms with van der Waals surface area (Å²) in [6.07, 6.45) is 7.25. The molecule has 1 amide bonds. The Labute approximate surface area is 127 Å². The molecule has 0 aromatic heterocycles. The molecule has 0 radical (unpaired) electrons. The molecule has 1 aliphatic heterocycles. The molecule has 1 saturated carbocycles. The maximum absolute atomic E-state index is 12.2. The summed E-state index contributed by atoms with van der Waals surface area (Å²) >= 11 is 0. The molecule has 1 heterocycles. The summed E-state index contributed by atoms with van der Waals surface area (Å²) in [5.74, 6) is -0.597. The van der Waals surface area contributed by atoms with Gasteiger partial charge in [-0.05, 0) is 51.5 Å². The molecule has 2 fully saturated rings. The Balaban J connectivity index is 1.75. The molecule has 0 aromatic rings. The first-order chi connectivity index (χ1) is 10.1. The van der Waals surface area contributed by atoms with Crippen LogP contribution in [-0.4, -0.2) is 47.6 Å². The van der Waals surface area contributed by atoms with Crippen LogP contribution in [0, 0.1) is 11.8 Å². The highest BCUT2D eigenvalue weighted by Crippen LogP contribution is 2.29. The Hall–Kier alpha value is -1.10. The second-order valence-electron chi connectivity index (χ2n) is 6.55. The quantitative estimate of drug-likeness (QED) is 0.812. The van der Waals surface area contributed by atoms with Crippen LogP contribution >= 0.6 is 0 Å². The van der Waals surface area contributed by atoms with Crippen LogP contribution in [0.4, 0.5) is 0 Å². The van der Waals surface area contributed by atoms with Gasteiger partial charge < -0.3 is 15.3 Å². The number of piperidine rings is 1. The van der Waals surface area contributed by atoms with E-state index < -0.39 is 5.97 Å². The summed E-state index contributed by atoms with van der Waals surface area (Å²) in [4.78, 5) is 25.4. The number of aliphatic carboxylic acids is 1. The van der Waals surface area contributed by atoms with Crippen LogP contribution in [0.25, 0.3) is 0 Å². The van der Waals surface area contributed by atoms with E-state index in [1.165, 1.54) is 6.42 Å². The van der Waals surface area contributed by atoms with Gasteiger partial charge in [0.1, 0.15) is 0 Å². The number of nitrogens with one attached hydrogen (secondary N) is 1. The zero-order chi connectivity index (χ0) is 15.2. The molecule has 5 nitrogen and oxygen atoms in total. The molecule has 1 saturated heterocycles. The number of carboxylic acid groups (broad SMARTS) is 1. The largest absolute Gasteiger partial charge is 0.481 e. The van der Waals surface area contributed by atoms with Crippen molar-refractivity contribution < 1.29 is 14.7 Å². The summed E-state index contributed by atoms with van der Waals surface area (Å²) in [6, 6.07) is 0.342. The second kappa shape index (κ2) is 7.78. The molecule has 2 aliphatic rings. The summed E-state index contributed by atoms with van der Waals surface area (Å²) < 4.78 is 0. The van der Waals surface area contributed by atoms with Crippen LogP contribution in [0.3, 0.4) is 0 Å². The number of carbonyl (C=O) groups excluding carboxylic acids is 1. The van der Waals surface area contributed by atoms with Crippen LogP contribution in [0.2, 0.25) is 0 Å². The van der Waals surface area contributed by atoms with Crippen LogP contribution < -0.4 is 5.32 Å². The van der Waals surface area contributed by atoms with Crippen molar-refractivity contribution in [2.75, 3.05) is 19.6 Å². The first kappa shape index (κ1) is 16.3. The Bertz CT molecular complexity index is 373. The number of hydrogen-bond acceptors (Lipinski definition) is 3. The highest BCUT2D eigenvalue weighted by atomic mass is 16.4. The fourth-order valence-corrected chi connectivity index (χ4v) is 3.71. The third-order valence-electron chi connectivity index (χ3n) is 5.03. The van der Waals surface area contributed by atoms with E-state index in [0.29, 0.717) is 19.1 Å². The molecule has 3 unspecified atom stereocenters. The van der Waals surface area contributed by atoms with E-state index in [2.05, 4.69) is 12.2 Å². The van der Waals surface area contributed by atoms with E-state index in [0.717, 1.165) is 45.1 Å². The normalized spacial score (nSPS) is 30.1. The molecule has 1 aliphatic carbocycles. The smallest absolute Gasteiger partial charge is 0.306 e. The number of nitrogens with zero attached hydrogens (tertiary/aromatic N) is 1. The number of amides is 1. The van der Waals surface area contributed by atoms with Crippen molar-refractivity contribution in [2.45, 2.75) is 57.9 Å². The number of likely N-dealkylation sites (tertiary alicyclic amines) is 1. The van der Waals surface area contributed by atoms with Crippen molar-refractivity contribution in [2.24, 2.45) is 11.8 Å². The topological polar surface area (TPSA) is 69.6 Å². The third-order valence-corrected chi connectivity index (χ3v) is 5.03. The van der Waals surface area contributed by atoms with Gasteiger partial charge in [0.2, 0.25) is 5.91 Å². The molecule has 120 valence electrons. The lowest BCUT2D eigenvalue weighted by Gasteiger charge is -2.34. The number of carbonyl (C=O) groups is 2. The Morgan fingerprint density at radius 1 is 1.14 bits per heavy atom. The minimum absolute atomic E-state index is 0.157. The third kappa shape index (κ3) is 4.43. The van der Waals surface area contributed by atoms with Gasteiger partial charge in [0.05, 0.1) is 12.5 Å². The van der Waals surface area contributed by atoms with E-state index in [-0.39, 0.29) is 17.7 Å². The van der Waals surface area contributed by atoms with Crippen molar-refractivity contribution >= 4 is 11.9 Å². The van der Waals surface area contributed by atoms with Crippen LogP contribution in [0.15, 0.2) is 0 Å². The fourth-order valence-electron chi connectivity index (χ4n) is 3.71. The molecular weight excluding hydrogens is 268 g/mol. The van der Waals surface area contributed by atoms with Crippen molar-refractivity contribution in [1.82, 2.24) is 10.2 Å². The van der Waals surface area contributed by atoms with Crippen LogP contribution in [-0.2, 0) is 9.59 Å². The fraction of sp³-hybridized carbons (Fsp3) is 0.875. The van der Waals surface area contributed by atoms with Gasteiger partial charge in [-0.1, -0.05) is 12.8 Å². The lowest BCUT2D eigenvalue weighted by Crippen LogP contribution is -2.47. The Kier molecular flexibility index (Phi) is 6.03. The number of carboxylic acids is 1. The monoisotopic (exact) mass is 296 g/mol. The highest BCUT2D eigenvalue weighted by molar-refractivity contribution is 5.78. The van der Waals surface area contributed by atoms with Gasteiger partial charge in [-0.25, -0.2) is 0 Å². The molecule has 3 atom stereocenters. The van der Waals surface area contributed by atoms with Crippen molar-refractivity contribution in [3.8, 4) is 0 Å². The van der Waals surface area contributed by atoms with E-state index >= 15 is 0 Å². The summed E-state index contributed by atoms with van der Waals surface area (Å²) in [5, 5.41) is 12.5. The minimum atomic E-state index is -0.683. The molecule has 0 spiro atoms. The SMILES string of the molecule is CC1CCCCN1C(=O)CNCC1CCCCC1C(=O)O. The van der Waals surface area contributed by atoms with Crippen LogP contribution in [0.1, 0.15) is 51.9 Å². The molecule has 5 heteroatoms. The summed E-state index contributed by atoms with van der Waals surface area (Å²) in [7, 11) is 0. The van der Waals surface area contributed by atoms with Crippen molar-refractivity contribution in [3.63, 3.8) is 0 Å². The predicted octanol–water partition coefficient (Wildman–Crippen LogP) is 1.87. The zero-order valence-electron chi connectivity index (χ0n) is 13.0. The lowest BCUT2D eigenvalue weighted by atomic mass is 9.79. The first-order valence-corrected chi connectivity index (χ1v) is 8.32. The Morgan fingerprint density at radius 3 is 2.57 bits per heavy atom. The van der Waals surface area contributed by atoms with Gasteiger partial charge in [-0.2, -0.15) is 0 Å². The minimum Gasteiger partial charge on any atom is -0.481 e. The maximum atomic E-state index is 12.2. The second-order valence-corrected chi connectivity index (χ2v) is 6.55. The molecule has 0 bridgehead atoms. The molecule has 21 heavy (non-hydrogen) atoms. The Morgan fingerprint density at radius 2 is 1.86 bits per heavy atom. The standard InChI is InChI=1S/C16H28N2O3/c1-12-6-4-5-9-18(12)15(19)11-17-10-13-7-2-3-8-14(13)16(20)21/h12-14,17H,2-11H2,1H3,(H,20,21). The van der Waals surface area contributed by atoms with E-state index in [4.69, 9.17) is 0 Å². The number of hydrogen-bond donors (Lipinski definition) is 2. The van der Waals surface area contributed by atoms with Gasteiger partial charge >= 0.3 is 5.97 Å². The van der Waals surface area contributed by atoms with E-state index in [1.807, 2.05) is 4.90 Å².